The van der Waals surface area contributed by atoms with Crippen LogP contribution in [-0.4, -0.2) is 50.6 Å². The smallest absolute Gasteiger partial charge is 0.308 e. The summed E-state index contributed by atoms with van der Waals surface area (Å²) in [5, 5.41) is 3.30. The summed E-state index contributed by atoms with van der Waals surface area (Å²) in [5.41, 5.74) is 0.956. The number of piperidine rings is 1. The Kier molecular flexibility index (Phi) is 9.02. The van der Waals surface area contributed by atoms with Crippen LogP contribution >= 0.6 is 24.0 Å². The third-order valence-electron chi connectivity index (χ3n) is 4.13. The molecule has 0 radical (unpaired) electrons. The predicted molar refractivity (Wildman–Crippen MR) is 103 cm³/mol. The van der Waals surface area contributed by atoms with E-state index in [1.807, 2.05) is 6.07 Å². The molecule has 1 fully saturated rings. The molecule has 0 aromatic heterocycles. The number of ether oxygens (including phenoxy) is 1. The van der Waals surface area contributed by atoms with E-state index in [-0.39, 0.29) is 41.7 Å². The minimum Gasteiger partial charge on any atom is -0.469 e. The zero-order valence-electron chi connectivity index (χ0n) is 14.1. The molecule has 0 amide bonds. The summed E-state index contributed by atoms with van der Waals surface area (Å²) < 4.78 is 18.0. The number of guanidine groups is 1. The van der Waals surface area contributed by atoms with Gasteiger partial charge < -0.3 is 15.0 Å². The summed E-state index contributed by atoms with van der Waals surface area (Å²) in [4.78, 5) is 18.0. The van der Waals surface area contributed by atoms with Gasteiger partial charge in [-0.1, -0.05) is 12.1 Å². The maximum Gasteiger partial charge on any atom is 0.308 e. The lowest BCUT2D eigenvalue weighted by Gasteiger charge is -2.33. The number of esters is 1. The Morgan fingerprint density at radius 3 is 2.71 bits per heavy atom. The summed E-state index contributed by atoms with van der Waals surface area (Å²) in [6, 6.07) is 6.63. The van der Waals surface area contributed by atoms with E-state index >= 15 is 0 Å². The Bertz CT molecular complexity index is 561. The molecule has 0 aliphatic carbocycles. The number of rotatable bonds is 4. The lowest BCUT2D eigenvalue weighted by molar-refractivity contribution is -0.146. The topological polar surface area (TPSA) is 53.9 Å². The van der Waals surface area contributed by atoms with Crippen molar-refractivity contribution >= 4 is 35.9 Å². The zero-order chi connectivity index (χ0) is 16.7. The van der Waals surface area contributed by atoms with Crippen molar-refractivity contribution in [3.8, 4) is 0 Å². The number of carbonyl (C=O) groups is 1. The second-order valence-corrected chi connectivity index (χ2v) is 5.64. The molecule has 0 atom stereocenters. The maximum atomic E-state index is 13.2. The standard InChI is InChI=1S/C17H24FN3O2.HI/c1-19-17(20-9-6-13-4-3-5-15(18)12-13)21-10-7-14(8-11-21)16(22)23-2;/h3-5,12,14H,6-11H2,1-2H3,(H,19,20);1H. The third kappa shape index (κ3) is 5.92. The van der Waals surface area contributed by atoms with Gasteiger partial charge in [-0.2, -0.15) is 0 Å². The normalized spacial score (nSPS) is 15.6. The molecule has 2 rings (SSSR count). The molecule has 1 aromatic rings. The van der Waals surface area contributed by atoms with Crippen LogP contribution in [0, 0.1) is 11.7 Å². The highest BCUT2D eigenvalue weighted by Crippen LogP contribution is 2.18. The lowest BCUT2D eigenvalue weighted by atomic mass is 9.97. The summed E-state index contributed by atoms with van der Waals surface area (Å²) in [5.74, 6) is 0.474. The largest absolute Gasteiger partial charge is 0.469 e. The molecule has 7 heteroatoms. The Balaban J connectivity index is 0.00000288. The SMILES string of the molecule is CN=C(NCCc1cccc(F)c1)N1CCC(C(=O)OC)CC1.I. The second kappa shape index (κ2) is 10.5. The minimum absolute atomic E-state index is 0. The van der Waals surface area contributed by atoms with E-state index in [0.29, 0.717) is 6.54 Å². The van der Waals surface area contributed by atoms with E-state index in [4.69, 9.17) is 4.74 Å². The quantitative estimate of drug-likeness (QED) is 0.332. The number of carbonyl (C=O) groups excluding carboxylic acids is 1. The van der Waals surface area contributed by atoms with Gasteiger partial charge in [0.25, 0.3) is 0 Å². The number of halogens is 2. The first-order chi connectivity index (χ1) is 11.1. The van der Waals surface area contributed by atoms with Crippen LogP contribution in [0.1, 0.15) is 18.4 Å². The molecule has 0 unspecified atom stereocenters. The highest BCUT2D eigenvalue weighted by molar-refractivity contribution is 14.0. The molecule has 0 bridgehead atoms. The molecule has 0 spiro atoms. The van der Waals surface area contributed by atoms with Gasteiger partial charge in [0.1, 0.15) is 5.82 Å². The van der Waals surface area contributed by atoms with Crippen molar-refractivity contribution in [1.29, 1.82) is 0 Å². The minimum atomic E-state index is -0.211. The molecule has 5 nitrogen and oxygen atoms in total. The number of nitrogens with zero attached hydrogens (tertiary/aromatic N) is 2. The molecule has 1 heterocycles. The fourth-order valence-electron chi connectivity index (χ4n) is 2.84. The first-order valence-corrected chi connectivity index (χ1v) is 7.92. The highest BCUT2D eigenvalue weighted by atomic mass is 127. The molecule has 1 aliphatic rings. The average Bonchev–Trinajstić information content (AvgIpc) is 2.58. The van der Waals surface area contributed by atoms with E-state index in [9.17, 15) is 9.18 Å². The molecular formula is C17H25FIN3O2. The van der Waals surface area contributed by atoms with Gasteiger partial charge in [-0.05, 0) is 37.0 Å². The van der Waals surface area contributed by atoms with Gasteiger partial charge in [-0.25, -0.2) is 4.39 Å². The molecule has 1 saturated heterocycles. The fraction of sp³-hybridized carbons (Fsp3) is 0.529. The maximum absolute atomic E-state index is 13.2. The number of likely N-dealkylation sites (tertiary alicyclic amines) is 1. The zero-order valence-corrected chi connectivity index (χ0v) is 16.5. The number of benzene rings is 1. The van der Waals surface area contributed by atoms with E-state index in [1.54, 1.807) is 19.2 Å². The predicted octanol–water partition coefficient (Wildman–Crippen LogP) is 2.45. The van der Waals surface area contributed by atoms with Crippen molar-refractivity contribution in [3.05, 3.63) is 35.6 Å². The molecule has 24 heavy (non-hydrogen) atoms. The Morgan fingerprint density at radius 1 is 1.42 bits per heavy atom. The van der Waals surface area contributed by atoms with Crippen LogP contribution in [0.15, 0.2) is 29.3 Å². The molecule has 134 valence electrons. The van der Waals surface area contributed by atoms with Crippen LogP contribution in [0.5, 0.6) is 0 Å². The van der Waals surface area contributed by atoms with Gasteiger partial charge in [0.15, 0.2) is 5.96 Å². The van der Waals surface area contributed by atoms with Crippen LogP contribution in [0.3, 0.4) is 0 Å². The van der Waals surface area contributed by atoms with E-state index < -0.39 is 0 Å². The first kappa shape index (κ1) is 20.7. The number of nitrogens with one attached hydrogen (secondary N) is 1. The highest BCUT2D eigenvalue weighted by Gasteiger charge is 2.26. The van der Waals surface area contributed by atoms with Gasteiger partial charge in [0.05, 0.1) is 13.0 Å². The number of hydrogen-bond donors (Lipinski definition) is 1. The van der Waals surface area contributed by atoms with Gasteiger partial charge in [0, 0.05) is 26.7 Å². The monoisotopic (exact) mass is 449 g/mol. The summed E-state index contributed by atoms with van der Waals surface area (Å²) >= 11 is 0. The van der Waals surface area contributed by atoms with Gasteiger partial charge >= 0.3 is 5.97 Å². The van der Waals surface area contributed by atoms with Crippen LogP contribution in [-0.2, 0) is 16.0 Å². The van der Waals surface area contributed by atoms with Crippen molar-refractivity contribution in [2.45, 2.75) is 19.3 Å². The van der Waals surface area contributed by atoms with Gasteiger partial charge in [-0.3, -0.25) is 9.79 Å². The number of hydrogen-bond acceptors (Lipinski definition) is 3. The Morgan fingerprint density at radius 2 is 2.12 bits per heavy atom. The van der Waals surface area contributed by atoms with E-state index in [2.05, 4.69) is 15.2 Å². The van der Waals surface area contributed by atoms with Crippen LogP contribution < -0.4 is 5.32 Å². The Hall–Kier alpha value is -1.38. The van der Waals surface area contributed by atoms with Crippen molar-refractivity contribution < 1.29 is 13.9 Å². The molecular weight excluding hydrogens is 424 g/mol. The first-order valence-electron chi connectivity index (χ1n) is 7.92. The van der Waals surface area contributed by atoms with Crippen LogP contribution in [0.4, 0.5) is 4.39 Å². The molecule has 1 N–H and O–H groups in total. The number of aliphatic imine (C=N–C) groups is 1. The summed E-state index contributed by atoms with van der Waals surface area (Å²) in [6.07, 6.45) is 2.28. The van der Waals surface area contributed by atoms with Gasteiger partial charge in [-0.15, -0.1) is 24.0 Å². The van der Waals surface area contributed by atoms with Crippen molar-refractivity contribution in [3.63, 3.8) is 0 Å². The van der Waals surface area contributed by atoms with Crippen molar-refractivity contribution in [2.24, 2.45) is 10.9 Å². The molecule has 1 aliphatic heterocycles. The Labute approximate surface area is 159 Å². The van der Waals surface area contributed by atoms with Crippen molar-refractivity contribution in [1.82, 2.24) is 10.2 Å². The average molecular weight is 449 g/mol. The molecule has 1 aromatic carbocycles. The van der Waals surface area contributed by atoms with E-state index in [0.717, 1.165) is 43.9 Å². The second-order valence-electron chi connectivity index (χ2n) is 5.64. The third-order valence-corrected chi connectivity index (χ3v) is 4.13. The van der Waals surface area contributed by atoms with Crippen LogP contribution in [0.2, 0.25) is 0 Å². The fourth-order valence-corrected chi connectivity index (χ4v) is 2.84. The summed E-state index contributed by atoms with van der Waals surface area (Å²) in [7, 11) is 3.18. The summed E-state index contributed by atoms with van der Waals surface area (Å²) in [6.45, 7) is 2.24. The van der Waals surface area contributed by atoms with E-state index in [1.165, 1.54) is 13.2 Å². The van der Waals surface area contributed by atoms with Gasteiger partial charge in [0.2, 0.25) is 0 Å². The molecule has 0 saturated carbocycles. The van der Waals surface area contributed by atoms with Crippen LogP contribution in [0.25, 0.3) is 0 Å². The number of methoxy groups -OCH3 is 1. The van der Waals surface area contributed by atoms with Crippen molar-refractivity contribution in [2.75, 3.05) is 33.8 Å². The lowest BCUT2D eigenvalue weighted by Crippen LogP contribution is -2.47.